The fourth-order valence-electron chi connectivity index (χ4n) is 1.87. The van der Waals surface area contributed by atoms with Crippen LogP contribution in [0.2, 0.25) is 5.02 Å². The number of rotatable bonds is 8. The highest BCUT2D eigenvalue weighted by molar-refractivity contribution is 9.10. The first-order valence-corrected chi connectivity index (χ1v) is 7.97. The van der Waals surface area contributed by atoms with Gasteiger partial charge in [0, 0.05) is 30.1 Å². The minimum atomic E-state index is 0.660. The van der Waals surface area contributed by atoms with E-state index in [1.165, 1.54) is 0 Å². The third-order valence-corrected chi connectivity index (χ3v) is 4.22. The topological polar surface area (TPSA) is 47.3 Å². The minimum absolute atomic E-state index is 0.660. The number of oxazole rings is 1. The highest BCUT2D eigenvalue weighted by Crippen LogP contribution is 2.29. The van der Waals surface area contributed by atoms with Crippen LogP contribution in [0.5, 0.6) is 0 Å². The van der Waals surface area contributed by atoms with E-state index in [2.05, 4.69) is 26.2 Å². The molecule has 2 aromatic rings. The van der Waals surface area contributed by atoms with Gasteiger partial charge in [0.2, 0.25) is 0 Å². The van der Waals surface area contributed by atoms with E-state index in [-0.39, 0.29) is 0 Å². The zero-order valence-corrected chi connectivity index (χ0v) is 14.2. The van der Waals surface area contributed by atoms with Gasteiger partial charge in [-0.15, -0.1) is 0 Å². The van der Waals surface area contributed by atoms with E-state index >= 15 is 0 Å². The number of hydrogen-bond acceptors (Lipinski definition) is 4. The van der Waals surface area contributed by atoms with Crippen molar-refractivity contribution < 1.29 is 9.15 Å². The number of nitrogens with one attached hydrogen (secondary N) is 1. The summed E-state index contributed by atoms with van der Waals surface area (Å²) < 4.78 is 11.6. The van der Waals surface area contributed by atoms with Gasteiger partial charge in [0.05, 0.1) is 17.8 Å². The fourth-order valence-corrected chi connectivity index (χ4v) is 2.30. The summed E-state index contributed by atoms with van der Waals surface area (Å²) in [5.74, 6) is 1.49. The van der Waals surface area contributed by atoms with E-state index in [4.69, 9.17) is 20.8 Å². The zero-order chi connectivity index (χ0) is 15.1. The third-order valence-electron chi connectivity index (χ3n) is 2.98. The van der Waals surface area contributed by atoms with E-state index in [0.717, 1.165) is 54.2 Å². The number of halogens is 2. The number of ether oxygens (including phenoxy) is 1. The molecule has 0 aliphatic rings. The van der Waals surface area contributed by atoms with E-state index in [0.29, 0.717) is 5.02 Å². The van der Waals surface area contributed by atoms with Crippen molar-refractivity contribution in [3.63, 3.8) is 0 Å². The van der Waals surface area contributed by atoms with Gasteiger partial charge < -0.3 is 14.5 Å². The lowest BCUT2D eigenvalue weighted by atomic mass is 10.2. The van der Waals surface area contributed by atoms with Crippen molar-refractivity contribution in [2.24, 2.45) is 0 Å². The number of benzene rings is 1. The number of aromatic nitrogens is 1. The fraction of sp³-hybridized carbons (Fsp3) is 0.400. The lowest BCUT2D eigenvalue weighted by molar-refractivity contribution is 0.199. The average Bonchev–Trinajstić information content (AvgIpc) is 2.94. The Labute approximate surface area is 138 Å². The quantitative estimate of drug-likeness (QED) is 0.712. The predicted molar refractivity (Wildman–Crippen MR) is 87.7 cm³/mol. The van der Waals surface area contributed by atoms with Gasteiger partial charge in [-0.05, 0) is 47.1 Å². The van der Waals surface area contributed by atoms with Crippen LogP contribution >= 0.6 is 27.5 Å². The highest BCUT2D eigenvalue weighted by Gasteiger charge is 2.08. The molecular formula is C15H18BrClN2O2. The molecule has 0 saturated heterocycles. The Hall–Kier alpha value is -0.880. The molecular weight excluding hydrogens is 356 g/mol. The van der Waals surface area contributed by atoms with Crippen LogP contribution in [-0.2, 0) is 11.2 Å². The van der Waals surface area contributed by atoms with Crippen LogP contribution in [0.1, 0.15) is 12.3 Å². The number of aryl methyl sites for hydroxylation is 1. The summed E-state index contributed by atoms with van der Waals surface area (Å²) in [6, 6.07) is 5.72. The van der Waals surface area contributed by atoms with E-state index in [9.17, 15) is 0 Å². The van der Waals surface area contributed by atoms with Gasteiger partial charge >= 0.3 is 0 Å². The molecule has 0 aliphatic heterocycles. The summed E-state index contributed by atoms with van der Waals surface area (Å²) in [5, 5.41) is 3.95. The van der Waals surface area contributed by atoms with Crippen LogP contribution in [0.3, 0.4) is 0 Å². The summed E-state index contributed by atoms with van der Waals surface area (Å²) in [6.45, 7) is 2.52. The van der Waals surface area contributed by atoms with Crippen LogP contribution in [0.15, 0.2) is 33.3 Å². The molecule has 1 heterocycles. The van der Waals surface area contributed by atoms with Gasteiger partial charge in [-0.2, -0.15) is 0 Å². The van der Waals surface area contributed by atoms with Gasteiger partial charge in [-0.25, -0.2) is 4.98 Å². The van der Waals surface area contributed by atoms with Crippen LogP contribution in [-0.4, -0.2) is 31.8 Å². The Morgan fingerprint density at radius 2 is 2.24 bits per heavy atom. The Morgan fingerprint density at radius 3 is 3.00 bits per heavy atom. The van der Waals surface area contributed by atoms with Gasteiger partial charge in [0.15, 0.2) is 11.7 Å². The van der Waals surface area contributed by atoms with Crippen LogP contribution in [0, 0.1) is 0 Å². The monoisotopic (exact) mass is 372 g/mol. The summed E-state index contributed by atoms with van der Waals surface area (Å²) in [7, 11) is 1.70. The average molecular weight is 374 g/mol. The molecule has 2 rings (SSSR count). The number of nitrogens with zero attached hydrogens (tertiary/aromatic N) is 1. The number of methoxy groups -OCH3 is 1. The van der Waals surface area contributed by atoms with Crippen LogP contribution in [0.25, 0.3) is 11.3 Å². The van der Waals surface area contributed by atoms with Crippen molar-refractivity contribution in [1.29, 1.82) is 0 Å². The summed E-state index contributed by atoms with van der Waals surface area (Å²) in [4.78, 5) is 4.30. The molecule has 0 bridgehead atoms. The maximum Gasteiger partial charge on any atom is 0.194 e. The molecule has 0 radical (unpaired) electrons. The molecule has 0 spiro atoms. The normalized spacial score (nSPS) is 11.0. The van der Waals surface area contributed by atoms with Crippen molar-refractivity contribution in [3.8, 4) is 11.3 Å². The van der Waals surface area contributed by atoms with Crippen molar-refractivity contribution >= 4 is 27.5 Å². The maximum absolute atomic E-state index is 6.09. The smallest absolute Gasteiger partial charge is 0.194 e. The number of hydrogen-bond donors (Lipinski definition) is 1. The Kier molecular flexibility index (Phi) is 6.70. The molecule has 1 N–H and O–H groups in total. The van der Waals surface area contributed by atoms with E-state index < -0.39 is 0 Å². The molecule has 4 nitrogen and oxygen atoms in total. The third kappa shape index (κ3) is 5.11. The maximum atomic E-state index is 6.09. The van der Waals surface area contributed by atoms with E-state index in [1.54, 1.807) is 13.3 Å². The molecule has 0 unspecified atom stereocenters. The van der Waals surface area contributed by atoms with Gasteiger partial charge in [0.1, 0.15) is 0 Å². The first kappa shape index (κ1) is 16.5. The Bertz CT molecular complexity index is 575. The van der Waals surface area contributed by atoms with Crippen molar-refractivity contribution in [1.82, 2.24) is 10.3 Å². The molecule has 21 heavy (non-hydrogen) atoms. The second-order valence-electron chi connectivity index (χ2n) is 4.59. The summed E-state index contributed by atoms with van der Waals surface area (Å²) in [6.07, 6.45) is 3.53. The lowest BCUT2D eigenvalue weighted by Crippen LogP contribution is -2.20. The molecule has 0 aliphatic carbocycles. The highest BCUT2D eigenvalue weighted by atomic mass is 79.9. The lowest BCUT2D eigenvalue weighted by Gasteiger charge is -2.02. The van der Waals surface area contributed by atoms with Gasteiger partial charge in [0.25, 0.3) is 0 Å². The summed E-state index contributed by atoms with van der Waals surface area (Å²) in [5.41, 5.74) is 0.931. The van der Waals surface area contributed by atoms with Crippen molar-refractivity contribution in [2.75, 3.05) is 26.8 Å². The second kappa shape index (κ2) is 8.54. The first-order valence-electron chi connectivity index (χ1n) is 6.80. The zero-order valence-electron chi connectivity index (χ0n) is 11.9. The minimum Gasteiger partial charge on any atom is -0.441 e. The van der Waals surface area contributed by atoms with Crippen LogP contribution in [0.4, 0.5) is 0 Å². The molecule has 114 valence electrons. The van der Waals surface area contributed by atoms with Crippen LogP contribution < -0.4 is 5.32 Å². The molecule has 1 aromatic heterocycles. The first-order chi connectivity index (χ1) is 10.2. The van der Waals surface area contributed by atoms with Gasteiger partial charge in [-0.1, -0.05) is 11.6 Å². The van der Waals surface area contributed by atoms with Crippen molar-refractivity contribution in [2.45, 2.75) is 12.8 Å². The standard InChI is InChI=1S/C15H18BrClN2O2/c1-20-8-7-18-6-2-3-15-19-10-14(21-15)11-4-5-12(16)13(17)9-11/h4-5,9-10,18H,2-3,6-8H2,1H3. The predicted octanol–water partition coefficient (Wildman–Crippen LogP) is 3.93. The largest absolute Gasteiger partial charge is 0.441 e. The summed E-state index contributed by atoms with van der Waals surface area (Å²) >= 11 is 9.46. The Morgan fingerprint density at radius 1 is 1.38 bits per heavy atom. The molecule has 6 heteroatoms. The molecule has 0 atom stereocenters. The van der Waals surface area contributed by atoms with E-state index in [1.807, 2.05) is 18.2 Å². The molecule has 0 fully saturated rings. The SMILES string of the molecule is COCCNCCCc1ncc(-c2ccc(Br)c(Cl)c2)o1. The molecule has 0 amide bonds. The molecule has 1 aromatic carbocycles. The molecule has 0 saturated carbocycles. The van der Waals surface area contributed by atoms with Gasteiger partial charge in [-0.3, -0.25) is 0 Å². The second-order valence-corrected chi connectivity index (χ2v) is 5.86. The Balaban J connectivity index is 1.85. The van der Waals surface area contributed by atoms with Crippen molar-refractivity contribution in [3.05, 3.63) is 39.8 Å².